The van der Waals surface area contributed by atoms with Gasteiger partial charge in [0.2, 0.25) is 0 Å². The third-order valence-corrected chi connectivity index (χ3v) is 15.4. The maximum Gasteiger partial charge on any atom is 0.179 e. The molecule has 0 aliphatic rings. The van der Waals surface area contributed by atoms with Gasteiger partial charge in [-0.2, -0.15) is 0 Å². The molecule has 11 heteroatoms. The molecule has 288 valence electrons. The topological polar surface area (TPSA) is 129 Å². The lowest BCUT2D eigenvalue weighted by molar-refractivity contribution is 1.07. The lowest BCUT2D eigenvalue weighted by Crippen LogP contribution is -2.74. The van der Waals surface area contributed by atoms with Crippen molar-refractivity contribution in [1.82, 2.24) is 49.8 Å². The summed E-state index contributed by atoms with van der Waals surface area (Å²) < 4.78 is 0. The van der Waals surface area contributed by atoms with Gasteiger partial charge >= 0.3 is 0 Å². The molecule has 6 aromatic heterocycles. The molecule has 0 bridgehead atoms. The summed E-state index contributed by atoms with van der Waals surface area (Å²) in [4.78, 5) is 46.4. The monoisotopic (exact) mass is 802 g/mol. The van der Waals surface area contributed by atoms with Gasteiger partial charge < -0.3 is 0 Å². The van der Waals surface area contributed by atoms with Crippen LogP contribution in [-0.2, 0) is 0 Å². The Balaban J connectivity index is 1.11. The fourth-order valence-corrected chi connectivity index (χ4v) is 12.4. The van der Waals surface area contributed by atoms with Gasteiger partial charge in [0.05, 0.1) is 0 Å². The molecule has 0 radical (unpaired) electrons. The van der Waals surface area contributed by atoms with E-state index in [1.54, 1.807) is 49.6 Å². The van der Waals surface area contributed by atoms with E-state index in [9.17, 15) is 0 Å². The Labute approximate surface area is 353 Å². The molecule has 61 heavy (non-hydrogen) atoms. The normalized spacial score (nSPS) is 11.3. The Bertz CT molecular complexity index is 2710. The smallest absolute Gasteiger partial charge is 0.179 e. The van der Waals surface area contributed by atoms with E-state index >= 15 is 0 Å². The highest BCUT2D eigenvalue weighted by Gasteiger charge is 2.41. The van der Waals surface area contributed by atoms with Gasteiger partial charge in [-0.15, -0.1) is 0 Å². The molecule has 0 aliphatic carbocycles. The zero-order valence-corrected chi connectivity index (χ0v) is 33.6. The van der Waals surface area contributed by atoms with Crippen LogP contribution >= 0.6 is 0 Å². The molecule has 10 aromatic rings. The first-order chi connectivity index (χ1) is 30.2. The van der Waals surface area contributed by atoms with E-state index in [1.165, 1.54) is 20.7 Å². The van der Waals surface area contributed by atoms with Crippen LogP contribution < -0.4 is 20.7 Å². The van der Waals surface area contributed by atoms with Crippen molar-refractivity contribution in [3.05, 3.63) is 207 Å². The molecule has 0 atom stereocenters. The van der Waals surface area contributed by atoms with Crippen LogP contribution in [0.5, 0.6) is 0 Å². The maximum absolute atomic E-state index is 4.98. The van der Waals surface area contributed by atoms with E-state index in [4.69, 9.17) is 29.9 Å². The molecule has 6 heterocycles. The van der Waals surface area contributed by atoms with Gasteiger partial charge in [0.1, 0.15) is 0 Å². The summed E-state index contributed by atoms with van der Waals surface area (Å²) >= 11 is 0. The molecular formula is C50H34N10Si. The second-order valence-electron chi connectivity index (χ2n) is 14.2. The molecular weight excluding hydrogens is 769 g/mol. The first-order valence-corrected chi connectivity index (χ1v) is 21.7. The van der Waals surface area contributed by atoms with Crippen LogP contribution in [0.2, 0.25) is 0 Å². The largest absolute Gasteiger partial charge is 0.265 e. The van der Waals surface area contributed by atoms with Crippen molar-refractivity contribution in [3.63, 3.8) is 0 Å². The van der Waals surface area contributed by atoms with Crippen molar-refractivity contribution in [1.29, 1.82) is 0 Å². The van der Waals surface area contributed by atoms with Crippen LogP contribution in [0.3, 0.4) is 0 Å². The van der Waals surface area contributed by atoms with Crippen LogP contribution in [0.4, 0.5) is 0 Å². The molecule has 0 aliphatic heterocycles. The van der Waals surface area contributed by atoms with Gasteiger partial charge in [0.15, 0.2) is 43.0 Å². The van der Waals surface area contributed by atoms with Gasteiger partial charge in [-0.3, -0.25) is 19.9 Å². The number of rotatable bonds is 10. The van der Waals surface area contributed by atoms with Gasteiger partial charge in [-0.05, 0) is 69.3 Å². The first kappa shape index (κ1) is 37.0. The van der Waals surface area contributed by atoms with Crippen molar-refractivity contribution in [2.45, 2.75) is 0 Å². The van der Waals surface area contributed by atoms with E-state index < -0.39 is 8.07 Å². The fraction of sp³-hybridized carbons (Fsp3) is 0. The molecule has 10 nitrogen and oxygen atoms in total. The molecule has 0 saturated heterocycles. The third-order valence-electron chi connectivity index (χ3n) is 10.6. The van der Waals surface area contributed by atoms with E-state index in [0.717, 1.165) is 33.4 Å². The second kappa shape index (κ2) is 16.5. The van der Waals surface area contributed by atoms with E-state index in [1.807, 2.05) is 48.5 Å². The number of benzene rings is 4. The Kier molecular flexibility index (Phi) is 10.0. The lowest BCUT2D eigenvalue weighted by atomic mass is 10.2. The molecule has 10 rings (SSSR count). The predicted molar refractivity (Wildman–Crippen MR) is 241 cm³/mol. The number of pyridine rings is 4. The zero-order chi connectivity index (χ0) is 40.9. The SMILES string of the molecule is c1ccc([Si](c2ccccc2)(c2ccc(-c3nc(-c4ccncc4)nc(-c4ccncc4)n3)cc2)c2ccc(-c3nc(-c4ccncc4)nc(-c4ccncc4)n3)cc2)cc1. The average molecular weight is 803 g/mol. The second-order valence-corrected chi connectivity index (χ2v) is 18.0. The molecule has 0 saturated carbocycles. The first-order valence-electron chi connectivity index (χ1n) is 19.7. The summed E-state index contributed by atoms with van der Waals surface area (Å²) in [5, 5.41) is 4.92. The quantitative estimate of drug-likeness (QED) is 0.105. The van der Waals surface area contributed by atoms with E-state index in [-0.39, 0.29) is 0 Å². The van der Waals surface area contributed by atoms with Crippen LogP contribution in [0, 0.1) is 0 Å². The average Bonchev–Trinajstić information content (AvgIpc) is 3.36. The fourth-order valence-electron chi connectivity index (χ4n) is 7.65. The Morgan fingerprint density at radius 3 is 0.672 bits per heavy atom. The van der Waals surface area contributed by atoms with Crippen molar-refractivity contribution >= 4 is 28.8 Å². The number of aromatic nitrogens is 10. The van der Waals surface area contributed by atoms with Crippen molar-refractivity contribution < 1.29 is 0 Å². The highest BCUT2D eigenvalue weighted by atomic mass is 28.3. The Morgan fingerprint density at radius 1 is 0.213 bits per heavy atom. The summed E-state index contributed by atoms with van der Waals surface area (Å²) in [6, 6.07) is 54.4. The minimum atomic E-state index is -2.94. The minimum Gasteiger partial charge on any atom is -0.265 e. The lowest BCUT2D eigenvalue weighted by Gasteiger charge is -2.34. The summed E-state index contributed by atoms with van der Waals surface area (Å²) in [7, 11) is -2.94. The summed E-state index contributed by atoms with van der Waals surface area (Å²) in [5.74, 6) is 3.43. The molecule has 0 N–H and O–H groups in total. The van der Waals surface area contributed by atoms with Crippen LogP contribution in [0.25, 0.3) is 68.3 Å². The number of nitrogens with zero attached hydrogens (tertiary/aromatic N) is 10. The molecule has 0 spiro atoms. The van der Waals surface area contributed by atoms with E-state index in [2.05, 4.69) is 129 Å². The highest BCUT2D eigenvalue weighted by Crippen LogP contribution is 2.26. The molecule has 4 aromatic carbocycles. The van der Waals surface area contributed by atoms with Crippen molar-refractivity contribution in [2.24, 2.45) is 0 Å². The number of hydrogen-bond donors (Lipinski definition) is 0. The predicted octanol–water partition coefficient (Wildman–Crippen LogP) is 7.02. The van der Waals surface area contributed by atoms with Gasteiger partial charge in [0, 0.05) is 83.0 Å². The van der Waals surface area contributed by atoms with Gasteiger partial charge in [0.25, 0.3) is 0 Å². The molecule has 0 unspecified atom stereocenters. The molecule has 0 fully saturated rings. The third kappa shape index (κ3) is 7.37. The standard InChI is InChI=1S/C50H34N10Si/c1-3-7-41(8-4-1)61(42-9-5-2-6-10-42,43-15-11-35(12-16-43)45-55-47(37-19-27-51-28-20-37)59-48(56-45)38-21-29-52-30-22-38)44-17-13-36(14-18-44)46-57-49(39-23-31-53-32-24-39)60-50(58-46)40-25-33-54-34-26-40/h1-34H. The summed E-state index contributed by atoms with van der Waals surface area (Å²) in [6.45, 7) is 0. The van der Waals surface area contributed by atoms with Gasteiger partial charge in [-0.1, -0.05) is 109 Å². The summed E-state index contributed by atoms with van der Waals surface area (Å²) in [6.07, 6.45) is 13.9. The Morgan fingerprint density at radius 2 is 0.426 bits per heavy atom. The zero-order valence-electron chi connectivity index (χ0n) is 32.6. The Hall–Kier alpha value is -8.28. The minimum absolute atomic E-state index is 0.569. The number of hydrogen-bond acceptors (Lipinski definition) is 10. The van der Waals surface area contributed by atoms with Crippen LogP contribution in [0.1, 0.15) is 0 Å². The van der Waals surface area contributed by atoms with Crippen LogP contribution in [-0.4, -0.2) is 57.9 Å². The highest BCUT2D eigenvalue weighted by molar-refractivity contribution is 7.19. The van der Waals surface area contributed by atoms with Gasteiger partial charge in [-0.25, -0.2) is 29.9 Å². The molecule has 0 amide bonds. The van der Waals surface area contributed by atoms with Crippen molar-refractivity contribution in [3.8, 4) is 68.3 Å². The van der Waals surface area contributed by atoms with Crippen LogP contribution in [0.15, 0.2) is 207 Å². The summed E-state index contributed by atoms with van der Waals surface area (Å²) in [5.41, 5.74) is 5.17. The van der Waals surface area contributed by atoms with Crippen molar-refractivity contribution in [2.75, 3.05) is 0 Å². The van der Waals surface area contributed by atoms with E-state index in [0.29, 0.717) is 34.9 Å². The maximum atomic E-state index is 4.98.